The third-order valence-electron chi connectivity index (χ3n) is 2.77. The SMILES string of the molecule is Nc1ccc(F)cc1-c1nc(-c2ccc(Cl)cc2)no1. The summed E-state index contributed by atoms with van der Waals surface area (Å²) in [7, 11) is 0. The van der Waals surface area contributed by atoms with Crippen LogP contribution in [0.2, 0.25) is 5.02 Å². The molecule has 3 rings (SSSR count). The Labute approximate surface area is 119 Å². The highest BCUT2D eigenvalue weighted by Crippen LogP contribution is 2.27. The second-order valence-corrected chi connectivity index (χ2v) is 4.60. The zero-order chi connectivity index (χ0) is 14.1. The molecule has 0 bridgehead atoms. The molecule has 100 valence electrons. The molecule has 0 aliphatic rings. The van der Waals surface area contributed by atoms with Crippen LogP contribution in [-0.2, 0) is 0 Å². The van der Waals surface area contributed by atoms with Gasteiger partial charge in [-0.2, -0.15) is 4.98 Å². The van der Waals surface area contributed by atoms with Gasteiger partial charge in [-0.25, -0.2) is 4.39 Å². The fraction of sp³-hybridized carbons (Fsp3) is 0. The van der Waals surface area contributed by atoms with Crippen molar-refractivity contribution < 1.29 is 8.91 Å². The molecule has 0 fully saturated rings. The average Bonchev–Trinajstić information content (AvgIpc) is 2.92. The Morgan fingerprint density at radius 3 is 2.60 bits per heavy atom. The lowest BCUT2D eigenvalue weighted by Crippen LogP contribution is -1.91. The molecule has 0 radical (unpaired) electrons. The van der Waals surface area contributed by atoms with Crippen LogP contribution in [0.25, 0.3) is 22.8 Å². The number of hydrogen-bond donors (Lipinski definition) is 1. The van der Waals surface area contributed by atoms with E-state index >= 15 is 0 Å². The Hall–Kier alpha value is -2.40. The summed E-state index contributed by atoms with van der Waals surface area (Å²) in [5.74, 6) is 0.146. The van der Waals surface area contributed by atoms with Gasteiger partial charge in [-0.15, -0.1) is 0 Å². The molecular weight excluding hydrogens is 281 g/mol. The predicted molar refractivity (Wildman–Crippen MR) is 74.6 cm³/mol. The van der Waals surface area contributed by atoms with Gasteiger partial charge in [-0.05, 0) is 42.5 Å². The Kier molecular flexibility index (Phi) is 3.12. The van der Waals surface area contributed by atoms with Crippen molar-refractivity contribution in [2.75, 3.05) is 5.73 Å². The molecule has 0 amide bonds. The molecule has 6 heteroatoms. The van der Waals surface area contributed by atoms with Crippen molar-refractivity contribution in [3.63, 3.8) is 0 Å². The second kappa shape index (κ2) is 4.94. The van der Waals surface area contributed by atoms with Crippen LogP contribution in [0.15, 0.2) is 47.0 Å². The summed E-state index contributed by atoms with van der Waals surface area (Å²) in [5.41, 5.74) is 7.27. The number of nitrogen functional groups attached to an aromatic ring is 1. The molecule has 0 aliphatic carbocycles. The molecule has 1 heterocycles. The summed E-state index contributed by atoms with van der Waals surface area (Å²) in [5, 5.41) is 4.47. The summed E-state index contributed by atoms with van der Waals surface area (Å²) >= 11 is 5.82. The van der Waals surface area contributed by atoms with E-state index in [1.807, 2.05) is 0 Å². The van der Waals surface area contributed by atoms with Gasteiger partial charge in [0.2, 0.25) is 5.82 Å². The topological polar surface area (TPSA) is 64.9 Å². The zero-order valence-corrected chi connectivity index (χ0v) is 10.9. The highest BCUT2D eigenvalue weighted by Gasteiger charge is 2.13. The highest BCUT2D eigenvalue weighted by atomic mass is 35.5. The smallest absolute Gasteiger partial charge is 0.260 e. The highest BCUT2D eigenvalue weighted by molar-refractivity contribution is 6.30. The fourth-order valence-corrected chi connectivity index (χ4v) is 1.89. The Morgan fingerprint density at radius 2 is 1.85 bits per heavy atom. The fourth-order valence-electron chi connectivity index (χ4n) is 1.76. The third kappa shape index (κ3) is 2.35. The standard InChI is InChI=1S/C14H9ClFN3O/c15-9-3-1-8(2-4-9)13-18-14(20-19-13)11-7-10(16)5-6-12(11)17/h1-7H,17H2. The zero-order valence-electron chi connectivity index (χ0n) is 10.2. The second-order valence-electron chi connectivity index (χ2n) is 4.16. The normalized spacial score (nSPS) is 10.7. The lowest BCUT2D eigenvalue weighted by Gasteiger charge is -1.99. The summed E-state index contributed by atoms with van der Waals surface area (Å²) in [4.78, 5) is 4.21. The molecular formula is C14H9ClFN3O. The van der Waals surface area contributed by atoms with Crippen LogP contribution >= 0.6 is 11.6 Å². The van der Waals surface area contributed by atoms with E-state index in [1.165, 1.54) is 18.2 Å². The monoisotopic (exact) mass is 289 g/mol. The predicted octanol–water partition coefficient (Wildman–Crippen LogP) is 3.78. The molecule has 0 saturated carbocycles. The number of nitrogens with zero attached hydrogens (tertiary/aromatic N) is 2. The van der Waals surface area contributed by atoms with Crippen LogP contribution in [0, 0.1) is 5.82 Å². The molecule has 0 saturated heterocycles. The van der Waals surface area contributed by atoms with Gasteiger partial charge < -0.3 is 10.3 Å². The lowest BCUT2D eigenvalue weighted by atomic mass is 10.1. The maximum Gasteiger partial charge on any atom is 0.260 e. The van der Waals surface area contributed by atoms with Gasteiger partial charge in [0.1, 0.15) is 5.82 Å². The summed E-state index contributed by atoms with van der Waals surface area (Å²) < 4.78 is 18.4. The van der Waals surface area contributed by atoms with Crippen molar-refractivity contribution in [3.8, 4) is 22.8 Å². The first kappa shape index (κ1) is 12.6. The Balaban J connectivity index is 2.01. The number of halogens is 2. The van der Waals surface area contributed by atoms with Crippen molar-refractivity contribution in [3.05, 3.63) is 53.3 Å². The Morgan fingerprint density at radius 1 is 1.10 bits per heavy atom. The van der Waals surface area contributed by atoms with Crippen molar-refractivity contribution in [1.29, 1.82) is 0 Å². The number of anilines is 1. The largest absolute Gasteiger partial charge is 0.398 e. The van der Waals surface area contributed by atoms with Gasteiger partial charge in [-0.3, -0.25) is 0 Å². The molecule has 2 aromatic carbocycles. The maximum atomic E-state index is 13.2. The first-order valence-corrected chi connectivity index (χ1v) is 6.16. The van der Waals surface area contributed by atoms with Crippen molar-refractivity contribution >= 4 is 17.3 Å². The minimum atomic E-state index is -0.416. The van der Waals surface area contributed by atoms with E-state index in [0.29, 0.717) is 22.1 Å². The summed E-state index contributed by atoms with van der Waals surface area (Å²) in [6.45, 7) is 0. The number of aromatic nitrogens is 2. The van der Waals surface area contributed by atoms with Crippen LogP contribution < -0.4 is 5.73 Å². The third-order valence-corrected chi connectivity index (χ3v) is 3.03. The van der Waals surface area contributed by atoms with Gasteiger partial charge in [-0.1, -0.05) is 16.8 Å². The molecule has 1 aromatic heterocycles. The van der Waals surface area contributed by atoms with Gasteiger partial charge in [0.05, 0.1) is 5.56 Å². The molecule has 0 atom stereocenters. The van der Waals surface area contributed by atoms with Crippen molar-refractivity contribution in [1.82, 2.24) is 10.1 Å². The van der Waals surface area contributed by atoms with Crippen LogP contribution in [0.3, 0.4) is 0 Å². The van der Waals surface area contributed by atoms with E-state index in [2.05, 4.69) is 10.1 Å². The average molecular weight is 290 g/mol. The minimum Gasteiger partial charge on any atom is -0.398 e. The minimum absolute atomic E-state index is 0.173. The van der Waals surface area contributed by atoms with E-state index in [9.17, 15) is 4.39 Å². The molecule has 0 unspecified atom stereocenters. The number of rotatable bonds is 2. The number of hydrogen-bond acceptors (Lipinski definition) is 4. The maximum absolute atomic E-state index is 13.2. The van der Waals surface area contributed by atoms with E-state index in [0.717, 1.165) is 5.56 Å². The number of nitrogens with two attached hydrogens (primary N) is 1. The molecule has 4 nitrogen and oxygen atoms in total. The van der Waals surface area contributed by atoms with E-state index in [4.69, 9.17) is 21.9 Å². The molecule has 20 heavy (non-hydrogen) atoms. The number of benzene rings is 2. The van der Waals surface area contributed by atoms with Crippen LogP contribution in [0.4, 0.5) is 10.1 Å². The van der Waals surface area contributed by atoms with E-state index in [1.54, 1.807) is 24.3 Å². The van der Waals surface area contributed by atoms with E-state index in [-0.39, 0.29) is 5.89 Å². The first-order valence-electron chi connectivity index (χ1n) is 5.78. The van der Waals surface area contributed by atoms with Crippen LogP contribution in [0.5, 0.6) is 0 Å². The molecule has 2 N–H and O–H groups in total. The van der Waals surface area contributed by atoms with Crippen LogP contribution in [0.1, 0.15) is 0 Å². The Bertz CT molecular complexity index is 755. The molecule has 3 aromatic rings. The van der Waals surface area contributed by atoms with Gasteiger partial charge in [0.15, 0.2) is 0 Å². The van der Waals surface area contributed by atoms with E-state index < -0.39 is 5.82 Å². The van der Waals surface area contributed by atoms with Crippen LogP contribution in [-0.4, -0.2) is 10.1 Å². The summed E-state index contributed by atoms with van der Waals surface area (Å²) in [6, 6.07) is 11.0. The van der Waals surface area contributed by atoms with Crippen molar-refractivity contribution in [2.24, 2.45) is 0 Å². The van der Waals surface area contributed by atoms with Gasteiger partial charge in [0, 0.05) is 16.3 Å². The quantitative estimate of drug-likeness (QED) is 0.729. The van der Waals surface area contributed by atoms with Crippen molar-refractivity contribution in [2.45, 2.75) is 0 Å². The lowest BCUT2D eigenvalue weighted by molar-refractivity contribution is 0.432. The molecule has 0 aliphatic heterocycles. The molecule has 0 spiro atoms. The first-order chi connectivity index (χ1) is 9.63. The van der Waals surface area contributed by atoms with Gasteiger partial charge >= 0.3 is 0 Å². The van der Waals surface area contributed by atoms with Gasteiger partial charge in [0.25, 0.3) is 5.89 Å². The summed E-state index contributed by atoms with van der Waals surface area (Å²) in [6.07, 6.45) is 0.